The molecule has 0 saturated carbocycles. The predicted molar refractivity (Wildman–Crippen MR) is 148 cm³/mol. The Morgan fingerprint density at radius 3 is 2.51 bits per heavy atom. The first-order valence-electron chi connectivity index (χ1n) is 13.0. The number of hydrogen-bond donors (Lipinski definition) is 2. The molecular formula is C30H35N3O6. The molecule has 1 aliphatic heterocycles. The van der Waals surface area contributed by atoms with Crippen molar-refractivity contribution in [1.29, 1.82) is 0 Å². The van der Waals surface area contributed by atoms with E-state index in [0.29, 0.717) is 23.7 Å². The van der Waals surface area contributed by atoms with E-state index < -0.39 is 17.7 Å². The molecule has 9 heteroatoms. The second kappa shape index (κ2) is 12.5. The number of anilines is 1. The number of pyridine rings is 1. The Morgan fingerprint density at radius 1 is 1.00 bits per heavy atom. The molecule has 9 nitrogen and oxygen atoms in total. The number of hydrogen-bond acceptors (Lipinski definition) is 8. The van der Waals surface area contributed by atoms with E-state index in [1.807, 2.05) is 57.2 Å². The lowest BCUT2D eigenvalue weighted by Crippen LogP contribution is -2.32. The molecule has 0 bridgehead atoms. The minimum Gasteiger partial charge on any atom is -0.490 e. The first kappa shape index (κ1) is 27.8. The van der Waals surface area contributed by atoms with Crippen molar-refractivity contribution < 1.29 is 28.5 Å². The van der Waals surface area contributed by atoms with Crippen LogP contribution in [0.1, 0.15) is 48.8 Å². The number of amides is 1. The number of nitrogens with zero attached hydrogens (tertiary/aromatic N) is 1. The summed E-state index contributed by atoms with van der Waals surface area (Å²) >= 11 is 0. The fourth-order valence-electron chi connectivity index (χ4n) is 4.09. The standard InChI is InChI=1S/C30H35N3O6/c1-30(2,3)39-29(35)32-19-20-7-11-23(12-8-20)37-16-17-38-26-14-13-24(33-27(26)28(34)36-4)22-10-9-21-6-5-15-31-25(21)18-22/h7-14,18,31H,5-6,15-17,19H2,1-4H3,(H,32,35). The Hall–Kier alpha value is -4.27. The minimum atomic E-state index is -0.570. The molecule has 206 valence electrons. The van der Waals surface area contributed by atoms with Crippen molar-refractivity contribution >= 4 is 17.7 Å². The van der Waals surface area contributed by atoms with Gasteiger partial charge in [-0.3, -0.25) is 0 Å². The lowest BCUT2D eigenvalue weighted by molar-refractivity contribution is 0.0522. The van der Waals surface area contributed by atoms with E-state index in [4.69, 9.17) is 18.9 Å². The number of alkyl carbamates (subject to hydrolysis) is 1. The van der Waals surface area contributed by atoms with Crippen LogP contribution in [-0.2, 0) is 22.4 Å². The fourth-order valence-corrected chi connectivity index (χ4v) is 4.09. The van der Waals surface area contributed by atoms with E-state index in [0.717, 1.165) is 36.2 Å². The van der Waals surface area contributed by atoms with Gasteiger partial charge in [0, 0.05) is 24.3 Å². The van der Waals surface area contributed by atoms with Gasteiger partial charge in [-0.1, -0.05) is 24.3 Å². The number of aryl methyl sites for hydroxylation is 1. The third kappa shape index (κ3) is 7.86. The van der Waals surface area contributed by atoms with E-state index in [1.54, 1.807) is 6.07 Å². The molecule has 0 atom stereocenters. The maximum absolute atomic E-state index is 12.5. The molecule has 1 aliphatic rings. The highest BCUT2D eigenvalue weighted by atomic mass is 16.6. The number of methoxy groups -OCH3 is 1. The van der Waals surface area contributed by atoms with Gasteiger partial charge in [0.15, 0.2) is 11.4 Å². The highest BCUT2D eigenvalue weighted by Gasteiger charge is 2.18. The van der Waals surface area contributed by atoms with Crippen LogP contribution in [0.4, 0.5) is 10.5 Å². The number of esters is 1. The molecule has 0 unspecified atom stereocenters. The average Bonchev–Trinajstić information content (AvgIpc) is 2.93. The lowest BCUT2D eigenvalue weighted by Gasteiger charge is -2.19. The van der Waals surface area contributed by atoms with Gasteiger partial charge in [0.05, 0.1) is 12.8 Å². The molecule has 0 spiro atoms. The molecule has 0 aliphatic carbocycles. The molecule has 0 fully saturated rings. The van der Waals surface area contributed by atoms with Gasteiger partial charge >= 0.3 is 12.1 Å². The summed E-state index contributed by atoms with van der Waals surface area (Å²) < 4.78 is 21.8. The van der Waals surface area contributed by atoms with Gasteiger partial charge in [-0.25, -0.2) is 14.6 Å². The van der Waals surface area contributed by atoms with Crippen molar-refractivity contribution in [2.45, 2.75) is 45.8 Å². The molecule has 4 rings (SSSR count). The highest BCUT2D eigenvalue weighted by molar-refractivity contribution is 5.91. The summed E-state index contributed by atoms with van der Waals surface area (Å²) in [7, 11) is 1.32. The number of nitrogens with one attached hydrogen (secondary N) is 2. The Morgan fingerprint density at radius 2 is 1.77 bits per heavy atom. The Bertz CT molecular complexity index is 1300. The van der Waals surface area contributed by atoms with Gasteiger partial charge in [0.1, 0.15) is 24.6 Å². The molecule has 2 heterocycles. The van der Waals surface area contributed by atoms with Crippen LogP contribution in [0.5, 0.6) is 11.5 Å². The zero-order valence-corrected chi connectivity index (χ0v) is 22.8. The van der Waals surface area contributed by atoms with E-state index >= 15 is 0 Å². The summed E-state index contributed by atoms with van der Waals surface area (Å²) in [5, 5.41) is 6.15. The van der Waals surface area contributed by atoms with Crippen LogP contribution >= 0.6 is 0 Å². The van der Waals surface area contributed by atoms with Crippen LogP contribution in [0.15, 0.2) is 54.6 Å². The maximum Gasteiger partial charge on any atom is 0.407 e. The molecule has 2 aromatic carbocycles. The second-order valence-electron chi connectivity index (χ2n) is 10.1. The maximum atomic E-state index is 12.5. The summed E-state index contributed by atoms with van der Waals surface area (Å²) in [6, 6.07) is 17.1. The SMILES string of the molecule is COC(=O)c1nc(-c2ccc3c(c2)NCCC3)ccc1OCCOc1ccc(CNC(=O)OC(C)(C)C)cc1. The molecule has 39 heavy (non-hydrogen) atoms. The highest BCUT2D eigenvalue weighted by Crippen LogP contribution is 2.30. The van der Waals surface area contributed by atoms with Crippen molar-refractivity contribution in [3.63, 3.8) is 0 Å². The largest absolute Gasteiger partial charge is 0.490 e. The van der Waals surface area contributed by atoms with Crippen LogP contribution in [0, 0.1) is 0 Å². The van der Waals surface area contributed by atoms with E-state index in [9.17, 15) is 9.59 Å². The summed E-state index contributed by atoms with van der Waals surface area (Å²) in [5.74, 6) is 0.413. The molecule has 1 amide bonds. The third-order valence-corrected chi connectivity index (χ3v) is 5.95. The van der Waals surface area contributed by atoms with Crippen molar-refractivity contribution in [2.75, 3.05) is 32.2 Å². The van der Waals surface area contributed by atoms with Gasteiger partial charge in [0.2, 0.25) is 0 Å². The number of carbonyl (C=O) groups excluding carboxylic acids is 2. The van der Waals surface area contributed by atoms with Crippen molar-refractivity contribution in [3.05, 3.63) is 71.4 Å². The van der Waals surface area contributed by atoms with Crippen molar-refractivity contribution in [3.8, 4) is 22.8 Å². The zero-order chi connectivity index (χ0) is 27.8. The van der Waals surface area contributed by atoms with E-state index in [2.05, 4.69) is 27.8 Å². The second-order valence-corrected chi connectivity index (χ2v) is 10.1. The van der Waals surface area contributed by atoms with Gasteiger partial charge in [-0.15, -0.1) is 0 Å². The monoisotopic (exact) mass is 533 g/mol. The number of rotatable bonds is 9. The van der Waals surface area contributed by atoms with Gasteiger partial charge in [0.25, 0.3) is 0 Å². The normalized spacial score (nSPS) is 12.5. The predicted octanol–water partition coefficient (Wildman–Crippen LogP) is 5.38. The van der Waals surface area contributed by atoms with Gasteiger partial charge in [-0.2, -0.15) is 0 Å². The molecule has 0 radical (unpaired) electrons. The third-order valence-electron chi connectivity index (χ3n) is 5.95. The number of aromatic nitrogens is 1. The van der Waals surface area contributed by atoms with Gasteiger partial charge in [-0.05, 0) is 75.1 Å². The summed E-state index contributed by atoms with van der Waals surface area (Å²) in [6.07, 6.45) is 1.70. The number of benzene rings is 2. The Labute approximate surface area is 228 Å². The molecule has 1 aromatic heterocycles. The smallest absolute Gasteiger partial charge is 0.407 e. The van der Waals surface area contributed by atoms with Crippen molar-refractivity contribution in [1.82, 2.24) is 10.3 Å². The Kier molecular flexibility index (Phi) is 8.91. The first-order chi connectivity index (χ1) is 18.7. The quantitative estimate of drug-likeness (QED) is 0.279. The van der Waals surface area contributed by atoms with E-state index in [1.165, 1.54) is 12.7 Å². The van der Waals surface area contributed by atoms with Crippen LogP contribution in [0.25, 0.3) is 11.3 Å². The number of carbonyl (C=O) groups is 2. The first-order valence-corrected chi connectivity index (χ1v) is 13.0. The number of fused-ring (bicyclic) bond motifs is 1. The topological polar surface area (TPSA) is 108 Å². The average molecular weight is 534 g/mol. The van der Waals surface area contributed by atoms with E-state index in [-0.39, 0.29) is 18.9 Å². The van der Waals surface area contributed by atoms with Crippen LogP contribution in [0.2, 0.25) is 0 Å². The van der Waals surface area contributed by atoms with Crippen LogP contribution < -0.4 is 20.1 Å². The summed E-state index contributed by atoms with van der Waals surface area (Å²) in [6.45, 7) is 7.21. The minimum absolute atomic E-state index is 0.113. The Balaban J connectivity index is 1.31. The van der Waals surface area contributed by atoms with Gasteiger partial charge < -0.3 is 29.6 Å². The summed E-state index contributed by atoms with van der Waals surface area (Å²) in [5.41, 5.74) is 4.44. The fraction of sp³-hybridized carbons (Fsp3) is 0.367. The van der Waals surface area contributed by atoms with Crippen LogP contribution in [0.3, 0.4) is 0 Å². The zero-order valence-electron chi connectivity index (χ0n) is 22.8. The molecule has 2 N–H and O–H groups in total. The molecule has 3 aromatic rings. The van der Waals surface area contributed by atoms with Crippen molar-refractivity contribution in [2.24, 2.45) is 0 Å². The lowest BCUT2D eigenvalue weighted by atomic mass is 10.00. The number of ether oxygens (including phenoxy) is 4. The van der Waals surface area contributed by atoms with Crippen LogP contribution in [-0.4, -0.2) is 49.5 Å². The molecular weight excluding hydrogens is 498 g/mol. The summed E-state index contributed by atoms with van der Waals surface area (Å²) in [4.78, 5) is 28.8. The molecule has 0 saturated heterocycles.